The second-order valence-electron chi connectivity index (χ2n) is 12.2. The lowest BCUT2D eigenvalue weighted by molar-refractivity contribution is -0.129. The van der Waals surface area contributed by atoms with E-state index >= 15 is 0 Å². The van der Waals surface area contributed by atoms with Crippen LogP contribution in [0.5, 0.6) is 11.5 Å². The summed E-state index contributed by atoms with van der Waals surface area (Å²) in [5.41, 5.74) is 5.77. The Morgan fingerprint density at radius 1 is 1.18 bits per heavy atom. The number of aryl methyl sites for hydroxylation is 1. The van der Waals surface area contributed by atoms with Gasteiger partial charge in [0.1, 0.15) is 11.6 Å². The van der Waals surface area contributed by atoms with Crippen molar-refractivity contribution in [3.8, 4) is 11.5 Å². The van der Waals surface area contributed by atoms with Gasteiger partial charge in [-0.2, -0.15) is 0 Å². The molecule has 0 amide bonds. The monoisotopic (exact) mass is 513 g/mol. The summed E-state index contributed by atoms with van der Waals surface area (Å²) in [6, 6.07) is 10.2. The van der Waals surface area contributed by atoms with Crippen LogP contribution in [0, 0.1) is 23.2 Å². The van der Waals surface area contributed by atoms with Crippen molar-refractivity contribution in [1.82, 2.24) is 0 Å². The third-order valence-electron chi connectivity index (χ3n) is 10.1. The highest BCUT2D eigenvalue weighted by Gasteiger charge is 2.58. The highest BCUT2D eigenvalue weighted by molar-refractivity contribution is 5.88. The van der Waals surface area contributed by atoms with Gasteiger partial charge >= 0.3 is 0 Å². The third-order valence-corrected chi connectivity index (χ3v) is 10.1. The molecule has 2 aromatic carbocycles. The molecule has 38 heavy (non-hydrogen) atoms. The molecule has 5 heteroatoms. The maximum absolute atomic E-state index is 13.3. The Bertz CT molecular complexity index is 1300. The van der Waals surface area contributed by atoms with E-state index < -0.39 is 0 Å². The first-order chi connectivity index (χ1) is 18.4. The van der Waals surface area contributed by atoms with Crippen LogP contribution >= 0.6 is 0 Å². The summed E-state index contributed by atoms with van der Waals surface area (Å²) in [4.78, 5) is 30.5. The van der Waals surface area contributed by atoms with E-state index in [-0.39, 0.29) is 16.9 Å². The minimum absolute atomic E-state index is 0.233. The van der Waals surface area contributed by atoms with Gasteiger partial charge in [-0.15, -0.1) is 0 Å². The molecule has 6 rings (SSSR count). The number of carbonyl (C=O) groups excluding carboxylic acids is 2. The number of aliphatic imine (C=N–C) groups is 1. The van der Waals surface area contributed by atoms with Crippen LogP contribution in [0.4, 0.5) is 0 Å². The van der Waals surface area contributed by atoms with Crippen molar-refractivity contribution in [2.45, 2.75) is 84.1 Å². The van der Waals surface area contributed by atoms with Gasteiger partial charge in [-0.25, -0.2) is 0 Å². The molecule has 5 nitrogen and oxygen atoms in total. The number of ether oxygens (including phenoxy) is 1. The highest BCUT2D eigenvalue weighted by Crippen LogP contribution is 2.62. The quantitative estimate of drug-likeness (QED) is 0.446. The van der Waals surface area contributed by atoms with Crippen molar-refractivity contribution in [1.29, 1.82) is 0 Å². The maximum atomic E-state index is 13.3. The van der Waals surface area contributed by atoms with Gasteiger partial charge in [0.05, 0.1) is 13.2 Å². The molecule has 2 fully saturated rings. The van der Waals surface area contributed by atoms with E-state index in [9.17, 15) is 14.7 Å². The van der Waals surface area contributed by atoms with Crippen LogP contribution < -0.4 is 4.74 Å². The maximum Gasteiger partial charge on any atom is 0.161 e. The number of hydrogen-bond donors (Lipinski definition) is 1. The summed E-state index contributed by atoms with van der Waals surface area (Å²) < 4.78 is 5.72. The Morgan fingerprint density at radius 2 is 2.05 bits per heavy atom. The predicted octanol–water partition coefficient (Wildman–Crippen LogP) is 6.36. The van der Waals surface area contributed by atoms with Crippen molar-refractivity contribution in [3.63, 3.8) is 0 Å². The normalized spacial score (nSPS) is 28.9. The van der Waals surface area contributed by atoms with Crippen molar-refractivity contribution >= 4 is 17.8 Å². The van der Waals surface area contributed by atoms with Crippen LogP contribution in [0.2, 0.25) is 0 Å². The summed E-state index contributed by atoms with van der Waals surface area (Å²) in [7, 11) is 0. The number of rotatable bonds is 8. The predicted molar refractivity (Wildman–Crippen MR) is 148 cm³/mol. The van der Waals surface area contributed by atoms with Crippen molar-refractivity contribution in [2.75, 3.05) is 6.61 Å². The molecule has 200 valence electrons. The van der Waals surface area contributed by atoms with Gasteiger partial charge in [0, 0.05) is 30.9 Å². The van der Waals surface area contributed by atoms with Crippen molar-refractivity contribution in [3.05, 3.63) is 58.1 Å². The number of benzene rings is 2. The van der Waals surface area contributed by atoms with Crippen LogP contribution in [0.15, 0.2) is 35.3 Å². The molecular formula is C33H39NO4. The molecule has 4 aliphatic rings. The number of nitrogens with zero attached hydrogens (tertiary/aromatic N) is 1. The molecule has 0 saturated heterocycles. The standard InChI is InChI=1S/C33H39NO4/c1-3-38-30-17-28-21(15-29(30)36)9-10-27-26(28)11-12-33(2)31(37)16-22(32(27)33)5-4-6-25(35)14-20-7-8-23-18-34-19-24(23)13-20/h7-8,13,15,17-18,22,26-27,32,36H,3-6,9-12,14,16,19H2,1-2H3/t22-,26-,27+,32-,33+/m0/s1. The van der Waals surface area contributed by atoms with Gasteiger partial charge in [0.2, 0.25) is 0 Å². The van der Waals surface area contributed by atoms with Crippen molar-refractivity contribution in [2.24, 2.45) is 28.2 Å². The van der Waals surface area contributed by atoms with Gasteiger partial charge in [0.15, 0.2) is 11.5 Å². The molecule has 2 aromatic rings. The molecule has 0 aromatic heterocycles. The van der Waals surface area contributed by atoms with E-state index in [0.29, 0.717) is 67.6 Å². The van der Waals surface area contributed by atoms with Gasteiger partial charge in [0.25, 0.3) is 0 Å². The first-order valence-corrected chi connectivity index (χ1v) is 14.5. The molecule has 1 heterocycles. The number of phenols is 1. The lowest BCUT2D eigenvalue weighted by Crippen LogP contribution is -2.44. The van der Waals surface area contributed by atoms with E-state index in [1.165, 1.54) is 16.7 Å². The minimum atomic E-state index is -0.237. The Labute approximate surface area is 225 Å². The highest BCUT2D eigenvalue weighted by atomic mass is 16.5. The second-order valence-corrected chi connectivity index (χ2v) is 12.2. The molecule has 0 bridgehead atoms. The van der Waals surface area contributed by atoms with Crippen LogP contribution in [0.1, 0.15) is 92.5 Å². The Kier molecular flexibility index (Phi) is 6.65. The lowest BCUT2D eigenvalue weighted by atomic mass is 9.54. The van der Waals surface area contributed by atoms with E-state index in [1.807, 2.05) is 19.2 Å². The van der Waals surface area contributed by atoms with Gasteiger partial charge in [-0.1, -0.05) is 25.1 Å². The van der Waals surface area contributed by atoms with E-state index in [4.69, 9.17) is 4.74 Å². The molecule has 5 atom stereocenters. The number of fused-ring (bicyclic) bond motifs is 6. The largest absolute Gasteiger partial charge is 0.504 e. The fourth-order valence-electron chi connectivity index (χ4n) is 8.33. The number of Topliss-reactive ketones (excluding diaryl/α,β-unsaturated/α-hetero) is 2. The Balaban J connectivity index is 1.13. The smallest absolute Gasteiger partial charge is 0.161 e. The summed E-state index contributed by atoms with van der Waals surface area (Å²) in [5, 5.41) is 10.4. The lowest BCUT2D eigenvalue weighted by Gasteiger charge is -2.50. The Hall–Kier alpha value is -2.95. The fraction of sp³-hybridized carbons (Fsp3) is 0.545. The number of carbonyl (C=O) groups is 2. The van der Waals surface area contributed by atoms with E-state index in [2.05, 4.69) is 36.2 Å². The van der Waals surface area contributed by atoms with Gasteiger partial charge in [-0.05, 0) is 109 Å². The molecule has 3 aliphatic carbocycles. The zero-order valence-corrected chi connectivity index (χ0v) is 22.7. The van der Waals surface area contributed by atoms with Gasteiger partial charge in [-0.3, -0.25) is 14.6 Å². The molecule has 0 radical (unpaired) electrons. The number of hydrogen-bond acceptors (Lipinski definition) is 5. The van der Waals surface area contributed by atoms with Gasteiger partial charge < -0.3 is 9.84 Å². The molecule has 0 unspecified atom stereocenters. The zero-order chi connectivity index (χ0) is 26.4. The molecule has 2 saturated carbocycles. The summed E-state index contributed by atoms with van der Waals surface area (Å²) in [6.07, 6.45) is 9.38. The SMILES string of the molecule is CCOc1cc2c(cc1O)CC[C@H]1[C@@H]3[C@@H](CCCC(=O)Cc4ccc5c(c4)CN=C5)CC(=O)[C@@]3(C)CC[C@H]21. The molecular weight excluding hydrogens is 474 g/mol. The number of phenolic OH excluding ortho intramolecular Hbond substituents is 1. The number of ketones is 2. The van der Waals surface area contributed by atoms with Crippen LogP contribution in [-0.2, 0) is 29.0 Å². The number of aromatic hydroxyl groups is 1. The third kappa shape index (κ3) is 4.38. The van der Waals surface area contributed by atoms with Crippen LogP contribution in [0.25, 0.3) is 0 Å². The topological polar surface area (TPSA) is 76.0 Å². The summed E-state index contributed by atoms with van der Waals surface area (Å²) in [6.45, 7) is 5.40. The summed E-state index contributed by atoms with van der Waals surface area (Å²) >= 11 is 0. The average molecular weight is 514 g/mol. The van der Waals surface area contributed by atoms with E-state index in [0.717, 1.165) is 49.7 Å². The summed E-state index contributed by atoms with van der Waals surface area (Å²) in [5.74, 6) is 3.14. The molecule has 1 N–H and O–H groups in total. The first kappa shape index (κ1) is 25.3. The van der Waals surface area contributed by atoms with E-state index in [1.54, 1.807) is 0 Å². The van der Waals surface area contributed by atoms with Crippen molar-refractivity contribution < 1.29 is 19.4 Å². The fourth-order valence-corrected chi connectivity index (χ4v) is 8.33. The molecule has 0 spiro atoms. The Morgan fingerprint density at radius 3 is 2.89 bits per heavy atom. The molecule has 1 aliphatic heterocycles. The zero-order valence-electron chi connectivity index (χ0n) is 22.7. The first-order valence-electron chi connectivity index (χ1n) is 14.5. The van der Waals surface area contributed by atoms with Crippen LogP contribution in [-0.4, -0.2) is 29.5 Å². The average Bonchev–Trinajstić information content (AvgIpc) is 3.46. The second kappa shape index (κ2) is 9.98. The minimum Gasteiger partial charge on any atom is -0.504 e. The van der Waals surface area contributed by atoms with Crippen LogP contribution in [0.3, 0.4) is 0 Å².